The molecule has 0 heterocycles. The molecule has 1 rings (SSSR count). The third-order valence-electron chi connectivity index (χ3n) is 1.39. The molecule has 70 valence electrons. The fraction of sp³-hybridized carbons (Fsp3) is 0.125. The van der Waals surface area contributed by atoms with Gasteiger partial charge in [0.25, 0.3) is 0 Å². The van der Waals surface area contributed by atoms with E-state index in [9.17, 15) is 0 Å². The third-order valence-corrected chi connectivity index (χ3v) is 1.63. The normalized spacial score (nSPS) is 9.38. The topological polar surface area (TPSA) is 73.6 Å². The van der Waals surface area contributed by atoms with Gasteiger partial charge in [-0.25, -0.2) is 4.99 Å². The van der Waals surface area contributed by atoms with Crippen LogP contribution >= 0.6 is 11.6 Å². The Morgan fingerprint density at radius 3 is 2.69 bits per heavy atom. The van der Waals surface area contributed by atoms with Crippen molar-refractivity contribution in [3.8, 4) is 5.75 Å². The van der Waals surface area contributed by atoms with Gasteiger partial charge in [-0.1, -0.05) is 11.6 Å². The number of benzene rings is 1. The zero-order valence-corrected chi connectivity index (χ0v) is 7.88. The van der Waals surface area contributed by atoms with Gasteiger partial charge in [0.2, 0.25) is 0 Å². The SMILES string of the molecule is COc1ccc(Cl)cc1N=C(N)N. The summed E-state index contributed by atoms with van der Waals surface area (Å²) in [5.41, 5.74) is 11.0. The van der Waals surface area contributed by atoms with Crippen molar-refractivity contribution in [3.63, 3.8) is 0 Å². The molecule has 4 nitrogen and oxygen atoms in total. The second kappa shape index (κ2) is 4.00. The molecule has 0 radical (unpaired) electrons. The molecular weight excluding hydrogens is 190 g/mol. The van der Waals surface area contributed by atoms with Crippen LogP contribution in [-0.4, -0.2) is 13.1 Å². The zero-order valence-electron chi connectivity index (χ0n) is 7.12. The molecule has 0 aliphatic heterocycles. The molecule has 5 heteroatoms. The highest BCUT2D eigenvalue weighted by atomic mass is 35.5. The van der Waals surface area contributed by atoms with Crippen molar-refractivity contribution in [3.05, 3.63) is 23.2 Å². The number of hydrogen-bond acceptors (Lipinski definition) is 2. The van der Waals surface area contributed by atoms with E-state index < -0.39 is 0 Å². The van der Waals surface area contributed by atoms with E-state index in [1.807, 2.05) is 0 Å². The van der Waals surface area contributed by atoms with Crippen LogP contribution in [0.5, 0.6) is 5.75 Å². The minimum Gasteiger partial charge on any atom is -0.494 e. The molecule has 1 aromatic rings. The van der Waals surface area contributed by atoms with E-state index in [1.165, 1.54) is 7.11 Å². The molecule has 0 aromatic heterocycles. The maximum atomic E-state index is 5.75. The Morgan fingerprint density at radius 2 is 2.15 bits per heavy atom. The lowest BCUT2D eigenvalue weighted by Crippen LogP contribution is -2.21. The van der Waals surface area contributed by atoms with Gasteiger partial charge in [-0.05, 0) is 18.2 Å². The largest absolute Gasteiger partial charge is 0.494 e. The summed E-state index contributed by atoms with van der Waals surface area (Å²) in [4.78, 5) is 3.85. The molecule has 0 saturated carbocycles. The van der Waals surface area contributed by atoms with E-state index in [1.54, 1.807) is 18.2 Å². The van der Waals surface area contributed by atoms with E-state index in [0.717, 1.165) is 0 Å². The van der Waals surface area contributed by atoms with Gasteiger partial charge in [0.15, 0.2) is 5.96 Å². The summed E-state index contributed by atoms with van der Waals surface area (Å²) in [6.45, 7) is 0. The fourth-order valence-electron chi connectivity index (χ4n) is 0.890. The van der Waals surface area contributed by atoms with E-state index in [2.05, 4.69) is 4.99 Å². The van der Waals surface area contributed by atoms with Gasteiger partial charge in [-0.15, -0.1) is 0 Å². The molecule has 0 bridgehead atoms. The number of rotatable bonds is 2. The predicted octanol–water partition coefficient (Wildman–Crippen LogP) is 1.25. The highest BCUT2D eigenvalue weighted by Crippen LogP contribution is 2.29. The van der Waals surface area contributed by atoms with Crippen LogP contribution < -0.4 is 16.2 Å². The Kier molecular flexibility index (Phi) is 2.97. The average Bonchev–Trinajstić information content (AvgIpc) is 2.03. The first-order chi connectivity index (χ1) is 6.13. The van der Waals surface area contributed by atoms with Crippen molar-refractivity contribution in [2.75, 3.05) is 7.11 Å². The Balaban J connectivity index is 3.16. The van der Waals surface area contributed by atoms with E-state index in [-0.39, 0.29) is 5.96 Å². The molecule has 1 aromatic carbocycles. The number of methoxy groups -OCH3 is 1. The minimum absolute atomic E-state index is 0.0273. The number of nitrogens with two attached hydrogens (primary N) is 2. The van der Waals surface area contributed by atoms with Crippen molar-refractivity contribution < 1.29 is 4.74 Å². The standard InChI is InChI=1S/C8H10ClN3O/c1-13-7-3-2-5(9)4-6(7)12-8(10)11/h2-4H,1H3,(H4,10,11,12). The van der Waals surface area contributed by atoms with Gasteiger partial charge >= 0.3 is 0 Å². The zero-order chi connectivity index (χ0) is 9.84. The maximum absolute atomic E-state index is 5.75. The molecular formula is C8H10ClN3O. The number of hydrogen-bond donors (Lipinski definition) is 2. The maximum Gasteiger partial charge on any atom is 0.191 e. The van der Waals surface area contributed by atoms with E-state index in [4.69, 9.17) is 27.8 Å². The van der Waals surface area contributed by atoms with Crippen molar-refractivity contribution in [2.24, 2.45) is 16.5 Å². The van der Waals surface area contributed by atoms with Gasteiger partial charge in [0, 0.05) is 5.02 Å². The number of nitrogens with zero attached hydrogens (tertiary/aromatic N) is 1. The lowest BCUT2D eigenvalue weighted by Gasteiger charge is -2.04. The monoisotopic (exact) mass is 199 g/mol. The summed E-state index contributed by atoms with van der Waals surface area (Å²) in [5.74, 6) is 0.554. The Labute approximate surface area is 81.2 Å². The van der Waals surface area contributed by atoms with Crippen LogP contribution in [0.15, 0.2) is 23.2 Å². The lowest BCUT2D eigenvalue weighted by atomic mass is 10.3. The van der Waals surface area contributed by atoms with Gasteiger partial charge in [0.1, 0.15) is 11.4 Å². The first-order valence-corrected chi connectivity index (χ1v) is 3.94. The quantitative estimate of drug-likeness (QED) is 0.556. The van der Waals surface area contributed by atoms with Crippen LogP contribution in [0.1, 0.15) is 0 Å². The Morgan fingerprint density at radius 1 is 1.46 bits per heavy atom. The Hall–Kier alpha value is -1.42. The highest BCUT2D eigenvalue weighted by molar-refractivity contribution is 6.30. The van der Waals surface area contributed by atoms with Gasteiger partial charge in [-0.3, -0.25) is 0 Å². The lowest BCUT2D eigenvalue weighted by molar-refractivity contribution is 0.416. The first kappa shape index (κ1) is 9.67. The van der Waals surface area contributed by atoms with Crippen molar-refractivity contribution in [2.45, 2.75) is 0 Å². The number of ether oxygens (including phenoxy) is 1. The third kappa shape index (κ3) is 2.52. The number of guanidine groups is 1. The molecule has 0 spiro atoms. The van der Waals surface area contributed by atoms with E-state index >= 15 is 0 Å². The fourth-order valence-corrected chi connectivity index (χ4v) is 1.06. The first-order valence-electron chi connectivity index (χ1n) is 3.56. The minimum atomic E-state index is -0.0273. The molecule has 4 N–H and O–H groups in total. The van der Waals surface area contributed by atoms with Crippen LogP contribution in [-0.2, 0) is 0 Å². The van der Waals surface area contributed by atoms with Crippen LogP contribution in [0.25, 0.3) is 0 Å². The molecule has 0 unspecified atom stereocenters. The number of aliphatic imine (C=N–C) groups is 1. The number of halogens is 1. The van der Waals surface area contributed by atoms with Gasteiger partial charge in [-0.2, -0.15) is 0 Å². The van der Waals surface area contributed by atoms with Crippen molar-refractivity contribution in [1.29, 1.82) is 0 Å². The summed E-state index contributed by atoms with van der Waals surface area (Å²) in [5, 5.41) is 0.556. The van der Waals surface area contributed by atoms with Crippen LogP contribution in [0, 0.1) is 0 Å². The van der Waals surface area contributed by atoms with Gasteiger partial charge < -0.3 is 16.2 Å². The second-order valence-electron chi connectivity index (χ2n) is 2.35. The summed E-state index contributed by atoms with van der Waals surface area (Å²) in [6, 6.07) is 5.02. The molecule has 0 aliphatic carbocycles. The van der Waals surface area contributed by atoms with Crippen LogP contribution in [0.3, 0.4) is 0 Å². The summed E-state index contributed by atoms with van der Waals surface area (Å²) >= 11 is 5.75. The predicted molar refractivity (Wildman–Crippen MR) is 53.5 cm³/mol. The van der Waals surface area contributed by atoms with Crippen molar-refractivity contribution >= 4 is 23.2 Å². The smallest absolute Gasteiger partial charge is 0.191 e. The van der Waals surface area contributed by atoms with Gasteiger partial charge in [0.05, 0.1) is 7.11 Å². The molecule has 0 aliphatic rings. The molecule has 0 amide bonds. The Bertz CT molecular complexity index is 334. The summed E-state index contributed by atoms with van der Waals surface area (Å²) < 4.78 is 5.02. The molecule has 0 saturated heterocycles. The molecule has 13 heavy (non-hydrogen) atoms. The summed E-state index contributed by atoms with van der Waals surface area (Å²) in [6.07, 6.45) is 0. The molecule has 0 fully saturated rings. The van der Waals surface area contributed by atoms with Crippen molar-refractivity contribution in [1.82, 2.24) is 0 Å². The highest BCUT2D eigenvalue weighted by Gasteiger charge is 2.01. The van der Waals surface area contributed by atoms with Crippen LogP contribution in [0.2, 0.25) is 5.02 Å². The van der Waals surface area contributed by atoms with E-state index in [0.29, 0.717) is 16.5 Å². The van der Waals surface area contributed by atoms with Crippen LogP contribution in [0.4, 0.5) is 5.69 Å². The average molecular weight is 200 g/mol. The second-order valence-corrected chi connectivity index (χ2v) is 2.79. The molecule has 0 atom stereocenters. The summed E-state index contributed by atoms with van der Waals surface area (Å²) in [7, 11) is 1.54.